The highest BCUT2D eigenvalue weighted by Crippen LogP contribution is 2.36. The van der Waals surface area contributed by atoms with E-state index in [1.807, 2.05) is 6.92 Å². The zero-order valence-electron chi connectivity index (χ0n) is 10.9. The molecule has 0 bridgehead atoms. The van der Waals surface area contributed by atoms with Crippen LogP contribution in [0.15, 0.2) is 30.6 Å². The molecule has 0 fully saturated rings. The molecule has 0 saturated carbocycles. The van der Waals surface area contributed by atoms with Crippen molar-refractivity contribution in [1.29, 1.82) is 0 Å². The van der Waals surface area contributed by atoms with Gasteiger partial charge in [0, 0.05) is 18.4 Å². The number of alkyl halides is 3. The van der Waals surface area contributed by atoms with Crippen molar-refractivity contribution in [3.8, 4) is 0 Å². The molecule has 112 valence electrons. The largest absolute Gasteiger partial charge is 0.417 e. The van der Waals surface area contributed by atoms with Crippen LogP contribution in [0.2, 0.25) is 5.02 Å². The zero-order valence-corrected chi connectivity index (χ0v) is 11.7. The minimum atomic E-state index is -4.58. The first-order valence-electron chi connectivity index (χ1n) is 6.02. The molecule has 0 atom stereocenters. The third-order valence-corrected chi connectivity index (χ3v) is 3.08. The first-order chi connectivity index (χ1) is 9.81. The van der Waals surface area contributed by atoms with Crippen LogP contribution in [0.5, 0.6) is 0 Å². The first-order valence-corrected chi connectivity index (χ1v) is 6.39. The lowest BCUT2D eigenvalue weighted by molar-refractivity contribution is -0.137. The summed E-state index contributed by atoms with van der Waals surface area (Å²) in [5.41, 5.74) is -0.715. The highest BCUT2D eigenvalue weighted by atomic mass is 35.5. The van der Waals surface area contributed by atoms with E-state index in [1.165, 1.54) is 23.1 Å². The molecule has 0 unspecified atom stereocenters. The Hall–Kier alpha value is -2.02. The van der Waals surface area contributed by atoms with Gasteiger partial charge in [-0.2, -0.15) is 18.3 Å². The van der Waals surface area contributed by atoms with Crippen LogP contribution in [0, 0.1) is 0 Å². The quantitative estimate of drug-likeness (QED) is 0.935. The van der Waals surface area contributed by atoms with Gasteiger partial charge in [-0.15, -0.1) is 0 Å². The number of nitrogens with zero attached hydrogens (tertiary/aromatic N) is 2. The molecule has 0 saturated heterocycles. The van der Waals surface area contributed by atoms with E-state index in [4.69, 9.17) is 11.6 Å². The normalized spacial score (nSPS) is 11.5. The standard InChI is InChI=1S/C13H11ClF3N3O/c1-2-20-7-8(6-18-20)12(21)19-9-3-4-11(14)10(5-9)13(15,16)17/h3-7H,2H2,1H3,(H,19,21). The van der Waals surface area contributed by atoms with E-state index in [-0.39, 0.29) is 11.3 Å². The Morgan fingerprint density at radius 3 is 2.71 bits per heavy atom. The van der Waals surface area contributed by atoms with Crippen LogP contribution in [0.25, 0.3) is 0 Å². The number of carbonyl (C=O) groups is 1. The Labute approximate surface area is 123 Å². The van der Waals surface area contributed by atoms with E-state index < -0.39 is 22.7 Å². The van der Waals surface area contributed by atoms with Crippen LogP contribution in [0.3, 0.4) is 0 Å². The Kier molecular flexibility index (Phi) is 4.22. The number of anilines is 1. The number of benzene rings is 1. The number of halogens is 4. The zero-order chi connectivity index (χ0) is 15.6. The number of amides is 1. The van der Waals surface area contributed by atoms with E-state index in [2.05, 4.69) is 10.4 Å². The van der Waals surface area contributed by atoms with Gasteiger partial charge in [0.2, 0.25) is 0 Å². The van der Waals surface area contributed by atoms with Gasteiger partial charge in [0.15, 0.2) is 0 Å². The van der Waals surface area contributed by atoms with E-state index in [0.29, 0.717) is 6.54 Å². The Bertz CT molecular complexity index is 667. The minimum Gasteiger partial charge on any atom is -0.322 e. The summed E-state index contributed by atoms with van der Waals surface area (Å²) in [6.07, 6.45) is -1.72. The number of carbonyl (C=O) groups excluding carboxylic acids is 1. The average molecular weight is 318 g/mol. The van der Waals surface area contributed by atoms with Crippen molar-refractivity contribution < 1.29 is 18.0 Å². The summed E-state index contributed by atoms with van der Waals surface area (Å²) in [5, 5.41) is 5.89. The lowest BCUT2D eigenvalue weighted by atomic mass is 10.2. The van der Waals surface area contributed by atoms with E-state index in [0.717, 1.165) is 12.1 Å². The van der Waals surface area contributed by atoms with Gasteiger partial charge in [0.05, 0.1) is 22.3 Å². The molecule has 0 aliphatic carbocycles. The van der Waals surface area contributed by atoms with E-state index in [1.54, 1.807) is 0 Å². The maximum Gasteiger partial charge on any atom is 0.417 e. The van der Waals surface area contributed by atoms with Crippen LogP contribution in [-0.4, -0.2) is 15.7 Å². The SMILES string of the molecule is CCn1cc(C(=O)Nc2ccc(Cl)c(C(F)(F)F)c2)cn1. The summed E-state index contributed by atoms with van der Waals surface area (Å²) < 4.78 is 39.7. The highest BCUT2D eigenvalue weighted by molar-refractivity contribution is 6.31. The summed E-state index contributed by atoms with van der Waals surface area (Å²) in [4.78, 5) is 11.9. The molecule has 1 aromatic carbocycles. The fraction of sp³-hybridized carbons (Fsp3) is 0.231. The summed E-state index contributed by atoms with van der Waals surface area (Å²) >= 11 is 5.51. The minimum absolute atomic E-state index is 0.0148. The second-order valence-corrected chi connectivity index (χ2v) is 4.64. The first kappa shape index (κ1) is 15.4. The molecule has 1 N–H and O–H groups in total. The average Bonchev–Trinajstić information content (AvgIpc) is 2.88. The Morgan fingerprint density at radius 1 is 1.43 bits per heavy atom. The topological polar surface area (TPSA) is 46.9 Å². The van der Waals surface area contributed by atoms with Crippen molar-refractivity contribution in [2.75, 3.05) is 5.32 Å². The molecule has 1 aromatic heterocycles. The third kappa shape index (κ3) is 3.55. The van der Waals surface area contributed by atoms with Crippen LogP contribution in [-0.2, 0) is 12.7 Å². The third-order valence-electron chi connectivity index (χ3n) is 2.75. The monoisotopic (exact) mass is 317 g/mol. The van der Waals surface area contributed by atoms with Crippen LogP contribution in [0.1, 0.15) is 22.8 Å². The molecule has 1 heterocycles. The van der Waals surface area contributed by atoms with Crippen LogP contribution < -0.4 is 5.32 Å². The van der Waals surface area contributed by atoms with E-state index >= 15 is 0 Å². The van der Waals surface area contributed by atoms with Gasteiger partial charge in [0.1, 0.15) is 0 Å². The second-order valence-electron chi connectivity index (χ2n) is 4.23. The van der Waals surface area contributed by atoms with Gasteiger partial charge >= 0.3 is 6.18 Å². The fourth-order valence-corrected chi connectivity index (χ4v) is 1.90. The molecule has 21 heavy (non-hydrogen) atoms. The van der Waals surface area contributed by atoms with Gasteiger partial charge < -0.3 is 5.32 Å². The van der Waals surface area contributed by atoms with Crippen molar-refractivity contribution in [3.05, 3.63) is 46.7 Å². The number of rotatable bonds is 3. The van der Waals surface area contributed by atoms with Gasteiger partial charge in [-0.05, 0) is 25.1 Å². The number of hydrogen-bond acceptors (Lipinski definition) is 2. The summed E-state index contributed by atoms with van der Waals surface area (Å²) in [6.45, 7) is 2.44. The fourth-order valence-electron chi connectivity index (χ4n) is 1.68. The summed E-state index contributed by atoms with van der Waals surface area (Å²) in [6, 6.07) is 3.19. The van der Waals surface area contributed by atoms with Crippen molar-refractivity contribution in [3.63, 3.8) is 0 Å². The molecule has 2 rings (SSSR count). The van der Waals surface area contributed by atoms with Crippen LogP contribution >= 0.6 is 11.6 Å². The maximum absolute atomic E-state index is 12.7. The van der Waals surface area contributed by atoms with Gasteiger partial charge in [0.25, 0.3) is 5.91 Å². The van der Waals surface area contributed by atoms with Gasteiger partial charge in [-0.3, -0.25) is 9.48 Å². The lowest BCUT2D eigenvalue weighted by Gasteiger charge is -2.11. The second kappa shape index (κ2) is 5.77. The molecule has 0 aliphatic rings. The molecule has 4 nitrogen and oxygen atoms in total. The number of hydrogen-bond donors (Lipinski definition) is 1. The van der Waals surface area contributed by atoms with Gasteiger partial charge in [-0.25, -0.2) is 0 Å². The highest BCUT2D eigenvalue weighted by Gasteiger charge is 2.33. The Morgan fingerprint density at radius 2 is 2.14 bits per heavy atom. The predicted molar refractivity (Wildman–Crippen MR) is 72.3 cm³/mol. The summed E-state index contributed by atoms with van der Waals surface area (Å²) in [7, 11) is 0. The molecule has 0 spiro atoms. The van der Waals surface area contributed by atoms with Crippen molar-refractivity contribution >= 4 is 23.2 Å². The molecule has 2 aromatic rings. The van der Waals surface area contributed by atoms with Crippen LogP contribution in [0.4, 0.5) is 18.9 Å². The smallest absolute Gasteiger partial charge is 0.322 e. The van der Waals surface area contributed by atoms with Crippen molar-refractivity contribution in [2.24, 2.45) is 0 Å². The molecule has 8 heteroatoms. The summed E-state index contributed by atoms with van der Waals surface area (Å²) in [5.74, 6) is -0.537. The molecule has 0 radical (unpaired) electrons. The van der Waals surface area contributed by atoms with Crippen molar-refractivity contribution in [1.82, 2.24) is 9.78 Å². The molecule has 0 aliphatic heterocycles. The predicted octanol–water partition coefficient (Wildman–Crippen LogP) is 3.83. The Balaban J connectivity index is 2.21. The maximum atomic E-state index is 12.7. The van der Waals surface area contributed by atoms with Crippen molar-refractivity contribution in [2.45, 2.75) is 19.6 Å². The molecular weight excluding hydrogens is 307 g/mol. The number of nitrogens with one attached hydrogen (secondary N) is 1. The number of aromatic nitrogens is 2. The number of aryl methyl sites for hydroxylation is 1. The molecular formula is C13H11ClF3N3O. The van der Waals surface area contributed by atoms with E-state index in [9.17, 15) is 18.0 Å². The lowest BCUT2D eigenvalue weighted by Crippen LogP contribution is -2.13. The van der Waals surface area contributed by atoms with Gasteiger partial charge in [-0.1, -0.05) is 11.6 Å². The molecule has 1 amide bonds.